The smallest absolute Gasteiger partial charge is 0.330 e. The summed E-state index contributed by atoms with van der Waals surface area (Å²) in [6.45, 7) is 4.42. The number of aliphatic hydroxyl groups excluding tert-OH is 1. The van der Waals surface area contributed by atoms with Crippen molar-refractivity contribution >= 4 is 21.9 Å². The molecule has 9 heteroatoms. The van der Waals surface area contributed by atoms with Crippen LogP contribution in [0, 0.1) is 11.8 Å². The minimum absolute atomic E-state index is 0.118. The molecule has 1 amide bonds. The lowest BCUT2D eigenvalue weighted by molar-refractivity contribution is -0.143. The third-order valence-electron chi connectivity index (χ3n) is 4.56. The molecule has 0 aromatic heterocycles. The van der Waals surface area contributed by atoms with Crippen LogP contribution in [0.5, 0.6) is 0 Å². The molecule has 0 unspecified atom stereocenters. The molecule has 2 rings (SSSR count). The van der Waals surface area contributed by atoms with E-state index >= 15 is 0 Å². The molecule has 1 fully saturated rings. The van der Waals surface area contributed by atoms with Gasteiger partial charge in [-0.2, -0.15) is 4.31 Å². The Bertz CT molecular complexity index is 768. The summed E-state index contributed by atoms with van der Waals surface area (Å²) >= 11 is 0. The summed E-state index contributed by atoms with van der Waals surface area (Å²) in [5.41, 5.74) is 0.177. The fourth-order valence-corrected chi connectivity index (χ4v) is 4.97. The second kappa shape index (κ2) is 8.81. The average Bonchev–Trinajstić information content (AvgIpc) is 2.64. The first-order chi connectivity index (χ1) is 12.7. The number of carbonyl (C=O) groups is 2. The zero-order chi connectivity index (χ0) is 20.2. The van der Waals surface area contributed by atoms with Gasteiger partial charge in [-0.3, -0.25) is 4.79 Å². The molecule has 0 saturated carbocycles. The molecule has 0 aliphatic carbocycles. The summed E-state index contributed by atoms with van der Waals surface area (Å²) in [6.07, 6.45) is 0.997. The SMILES string of the molecule is COC(=O)[C@H](CO)NC(=O)c1ccc(S(=O)(=O)N2C[C@@H](C)C[C@H](C)C2)cc1. The minimum atomic E-state index is -3.63. The standard InChI is InChI=1S/C18H26N2O6S/c1-12-8-13(2)10-20(9-12)27(24,25)15-6-4-14(5-7-15)17(22)19-16(11-21)18(23)26-3/h4-7,12-13,16,21H,8-11H2,1-3H3,(H,19,22)/t12-,13-,16-/m0/s1. The molecule has 0 bridgehead atoms. The Balaban J connectivity index is 2.14. The molecule has 1 aliphatic heterocycles. The summed E-state index contributed by atoms with van der Waals surface area (Å²) in [5.74, 6) is -0.786. The second-order valence-electron chi connectivity index (χ2n) is 7.02. The summed E-state index contributed by atoms with van der Waals surface area (Å²) in [6, 6.07) is 4.33. The van der Waals surface area contributed by atoms with Gasteiger partial charge in [-0.1, -0.05) is 13.8 Å². The summed E-state index contributed by atoms with van der Waals surface area (Å²) in [4.78, 5) is 23.8. The highest BCUT2D eigenvalue weighted by Crippen LogP contribution is 2.26. The molecule has 27 heavy (non-hydrogen) atoms. The van der Waals surface area contributed by atoms with Crippen LogP contribution in [-0.2, 0) is 19.6 Å². The van der Waals surface area contributed by atoms with Crippen LogP contribution < -0.4 is 5.32 Å². The third kappa shape index (κ3) is 5.06. The molecule has 150 valence electrons. The molecule has 1 aromatic carbocycles. The third-order valence-corrected chi connectivity index (χ3v) is 6.41. The maximum atomic E-state index is 12.8. The molecule has 1 aromatic rings. The lowest BCUT2D eigenvalue weighted by Crippen LogP contribution is -2.44. The number of hydrogen-bond donors (Lipinski definition) is 2. The van der Waals surface area contributed by atoms with Gasteiger partial charge in [0.1, 0.15) is 0 Å². The molecule has 3 atom stereocenters. The number of amides is 1. The molecular formula is C18H26N2O6S. The highest BCUT2D eigenvalue weighted by atomic mass is 32.2. The number of ether oxygens (including phenoxy) is 1. The summed E-state index contributed by atoms with van der Waals surface area (Å²) in [5, 5.41) is 11.5. The number of aliphatic hydroxyl groups is 1. The predicted molar refractivity (Wildman–Crippen MR) is 98.5 cm³/mol. The highest BCUT2D eigenvalue weighted by molar-refractivity contribution is 7.89. The van der Waals surface area contributed by atoms with Crippen LogP contribution in [0.4, 0.5) is 0 Å². The van der Waals surface area contributed by atoms with Gasteiger partial charge < -0.3 is 15.2 Å². The van der Waals surface area contributed by atoms with Gasteiger partial charge in [0.05, 0.1) is 18.6 Å². The number of nitrogens with one attached hydrogen (secondary N) is 1. The minimum Gasteiger partial charge on any atom is -0.467 e. The first-order valence-electron chi connectivity index (χ1n) is 8.78. The molecule has 8 nitrogen and oxygen atoms in total. The number of hydrogen-bond acceptors (Lipinski definition) is 6. The fraction of sp³-hybridized carbons (Fsp3) is 0.556. The number of nitrogens with zero attached hydrogens (tertiary/aromatic N) is 1. The van der Waals surface area contributed by atoms with Crippen LogP contribution in [-0.4, -0.2) is 62.6 Å². The lowest BCUT2D eigenvalue weighted by atomic mass is 9.94. The Morgan fingerprint density at radius 1 is 1.22 bits per heavy atom. The Morgan fingerprint density at radius 2 is 1.78 bits per heavy atom. The summed E-state index contributed by atoms with van der Waals surface area (Å²) < 4.78 is 31.7. The van der Waals surface area contributed by atoms with E-state index in [-0.39, 0.29) is 10.5 Å². The predicted octanol–water partition coefficient (Wildman–Crippen LogP) is 0.617. The molecular weight excluding hydrogens is 372 g/mol. The van der Waals surface area contributed by atoms with Gasteiger partial charge in [0.2, 0.25) is 10.0 Å². The van der Waals surface area contributed by atoms with Gasteiger partial charge in [0.15, 0.2) is 6.04 Å². The lowest BCUT2D eigenvalue weighted by Gasteiger charge is -2.34. The van der Waals surface area contributed by atoms with Crippen molar-refractivity contribution in [1.82, 2.24) is 9.62 Å². The Kier molecular flexibility index (Phi) is 6.96. The number of benzene rings is 1. The van der Waals surface area contributed by atoms with E-state index in [2.05, 4.69) is 10.1 Å². The molecule has 0 radical (unpaired) electrons. The number of methoxy groups -OCH3 is 1. The van der Waals surface area contributed by atoms with Gasteiger partial charge in [-0.05, 0) is 42.5 Å². The average molecular weight is 398 g/mol. The van der Waals surface area contributed by atoms with Crippen LogP contribution in [0.2, 0.25) is 0 Å². The van der Waals surface area contributed by atoms with Crippen molar-refractivity contribution in [2.45, 2.75) is 31.2 Å². The zero-order valence-corrected chi connectivity index (χ0v) is 16.5. The van der Waals surface area contributed by atoms with Crippen molar-refractivity contribution < 1.29 is 27.9 Å². The van der Waals surface area contributed by atoms with Crippen LogP contribution in [0.25, 0.3) is 0 Å². The largest absolute Gasteiger partial charge is 0.467 e. The van der Waals surface area contributed by atoms with E-state index in [1.807, 2.05) is 13.8 Å². The molecule has 2 N–H and O–H groups in total. The van der Waals surface area contributed by atoms with Gasteiger partial charge in [-0.25, -0.2) is 13.2 Å². The molecule has 1 saturated heterocycles. The van der Waals surface area contributed by atoms with Gasteiger partial charge >= 0.3 is 5.97 Å². The normalized spacial score (nSPS) is 22.1. The monoisotopic (exact) mass is 398 g/mol. The Labute approximate surface area is 159 Å². The quantitative estimate of drug-likeness (QED) is 0.679. The van der Waals surface area contributed by atoms with Crippen LogP contribution in [0.1, 0.15) is 30.6 Å². The van der Waals surface area contributed by atoms with E-state index in [0.29, 0.717) is 24.9 Å². The highest BCUT2D eigenvalue weighted by Gasteiger charge is 2.31. The van der Waals surface area contributed by atoms with Crippen molar-refractivity contribution in [2.75, 3.05) is 26.8 Å². The van der Waals surface area contributed by atoms with Gasteiger partial charge in [0, 0.05) is 18.7 Å². The van der Waals surface area contributed by atoms with Gasteiger partial charge in [0.25, 0.3) is 5.91 Å². The van der Waals surface area contributed by atoms with Crippen molar-refractivity contribution in [1.29, 1.82) is 0 Å². The van der Waals surface area contributed by atoms with Crippen LogP contribution in [0.3, 0.4) is 0 Å². The maximum absolute atomic E-state index is 12.8. The van der Waals surface area contributed by atoms with E-state index in [0.717, 1.165) is 13.5 Å². The van der Waals surface area contributed by atoms with Crippen molar-refractivity contribution in [3.05, 3.63) is 29.8 Å². The molecule has 0 spiro atoms. The first-order valence-corrected chi connectivity index (χ1v) is 10.2. The number of piperidine rings is 1. The van der Waals surface area contributed by atoms with Crippen molar-refractivity contribution in [3.63, 3.8) is 0 Å². The van der Waals surface area contributed by atoms with Gasteiger partial charge in [-0.15, -0.1) is 0 Å². The van der Waals surface area contributed by atoms with E-state index in [4.69, 9.17) is 5.11 Å². The van der Waals surface area contributed by atoms with E-state index in [9.17, 15) is 18.0 Å². The van der Waals surface area contributed by atoms with Crippen LogP contribution >= 0.6 is 0 Å². The fourth-order valence-electron chi connectivity index (χ4n) is 3.29. The molecule has 1 aliphatic rings. The number of carbonyl (C=O) groups excluding carboxylic acids is 2. The Hall–Kier alpha value is -1.97. The maximum Gasteiger partial charge on any atom is 0.330 e. The zero-order valence-electron chi connectivity index (χ0n) is 15.7. The van der Waals surface area contributed by atoms with E-state index in [1.165, 1.54) is 28.6 Å². The summed E-state index contributed by atoms with van der Waals surface area (Å²) in [7, 11) is -2.48. The molecule has 1 heterocycles. The number of esters is 1. The van der Waals surface area contributed by atoms with Crippen molar-refractivity contribution in [2.24, 2.45) is 11.8 Å². The van der Waals surface area contributed by atoms with E-state index in [1.54, 1.807) is 0 Å². The number of sulfonamides is 1. The van der Waals surface area contributed by atoms with Crippen molar-refractivity contribution in [3.8, 4) is 0 Å². The van der Waals surface area contributed by atoms with Crippen LogP contribution in [0.15, 0.2) is 29.2 Å². The number of rotatable bonds is 6. The van der Waals surface area contributed by atoms with E-state index < -0.39 is 34.5 Å². The Morgan fingerprint density at radius 3 is 2.26 bits per heavy atom. The first kappa shape index (κ1) is 21.3. The second-order valence-corrected chi connectivity index (χ2v) is 8.96. The topological polar surface area (TPSA) is 113 Å².